The van der Waals surface area contributed by atoms with Gasteiger partial charge in [-0.1, -0.05) is 29.8 Å². The number of halogens is 1. The summed E-state index contributed by atoms with van der Waals surface area (Å²) < 4.78 is 29.2. The number of para-hydroxylation sites is 1. The first-order valence-electron chi connectivity index (χ1n) is 7.90. The average Bonchev–Trinajstić information content (AvgIpc) is 2.95. The fraction of sp³-hybridized carbons (Fsp3) is 0.278. The van der Waals surface area contributed by atoms with Crippen LogP contribution in [-0.4, -0.2) is 38.5 Å². The molecule has 0 unspecified atom stereocenters. The number of ether oxygens (including phenoxy) is 1. The molecule has 2 aromatic carbocycles. The molecule has 1 aliphatic heterocycles. The molecule has 0 spiro atoms. The van der Waals surface area contributed by atoms with Gasteiger partial charge >= 0.3 is 0 Å². The molecule has 1 atom stereocenters. The van der Waals surface area contributed by atoms with Crippen LogP contribution in [0.4, 0.5) is 5.69 Å². The Bertz CT molecular complexity index is 837. The number of amides is 1. The molecule has 1 heterocycles. The van der Waals surface area contributed by atoms with Crippen molar-refractivity contribution in [2.24, 2.45) is 0 Å². The van der Waals surface area contributed by atoms with Crippen molar-refractivity contribution in [3.8, 4) is 5.75 Å². The number of benzene rings is 2. The van der Waals surface area contributed by atoms with Gasteiger partial charge in [0.2, 0.25) is 0 Å². The fourth-order valence-corrected chi connectivity index (χ4v) is 4.70. The molecule has 7 heteroatoms. The van der Waals surface area contributed by atoms with E-state index in [1.165, 1.54) is 0 Å². The minimum Gasteiger partial charge on any atom is -0.484 e. The topological polar surface area (TPSA) is 63.7 Å². The maximum atomic E-state index is 12.8. The number of carbonyl (C=O) groups is 1. The second-order valence-electron chi connectivity index (χ2n) is 5.90. The lowest BCUT2D eigenvalue weighted by Gasteiger charge is -2.28. The number of sulfone groups is 1. The van der Waals surface area contributed by atoms with Gasteiger partial charge in [0, 0.05) is 10.7 Å². The van der Waals surface area contributed by atoms with Crippen LogP contribution in [0.15, 0.2) is 54.6 Å². The third kappa shape index (κ3) is 4.52. The first-order chi connectivity index (χ1) is 11.9. The van der Waals surface area contributed by atoms with Gasteiger partial charge in [0.25, 0.3) is 5.91 Å². The van der Waals surface area contributed by atoms with Gasteiger partial charge in [-0.2, -0.15) is 0 Å². The standard InChI is InChI=1S/C18H18ClNO4S/c19-14-6-8-17(9-7-14)24-12-18(21)20(15-4-2-1-3-5-15)16-10-11-25(22,23)13-16/h1-9,16H,10-13H2/t16-/m1/s1. The molecule has 2 aromatic rings. The zero-order chi connectivity index (χ0) is 17.9. The van der Waals surface area contributed by atoms with E-state index in [-0.39, 0.29) is 30.1 Å². The molecule has 5 nitrogen and oxygen atoms in total. The molecule has 1 aliphatic rings. The first-order valence-corrected chi connectivity index (χ1v) is 10.1. The third-order valence-electron chi connectivity index (χ3n) is 4.05. The van der Waals surface area contributed by atoms with E-state index < -0.39 is 9.84 Å². The van der Waals surface area contributed by atoms with Gasteiger partial charge in [0.1, 0.15) is 5.75 Å². The van der Waals surface area contributed by atoms with E-state index in [9.17, 15) is 13.2 Å². The molecule has 1 saturated heterocycles. The van der Waals surface area contributed by atoms with E-state index in [1.807, 2.05) is 18.2 Å². The molecule has 0 aliphatic carbocycles. The Morgan fingerprint density at radius 3 is 2.40 bits per heavy atom. The quantitative estimate of drug-likeness (QED) is 0.801. The van der Waals surface area contributed by atoms with E-state index in [2.05, 4.69) is 0 Å². The lowest BCUT2D eigenvalue weighted by molar-refractivity contribution is -0.121. The molecule has 1 amide bonds. The molecular weight excluding hydrogens is 362 g/mol. The van der Waals surface area contributed by atoms with Crippen LogP contribution in [0.1, 0.15) is 6.42 Å². The summed E-state index contributed by atoms with van der Waals surface area (Å²) in [7, 11) is -3.10. The van der Waals surface area contributed by atoms with E-state index in [0.29, 0.717) is 22.9 Å². The van der Waals surface area contributed by atoms with E-state index in [4.69, 9.17) is 16.3 Å². The van der Waals surface area contributed by atoms with Crippen LogP contribution in [-0.2, 0) is 14.6 Å². The number of carbonyl (C=O) groups excluding carboxylic acids is 1. The van der Waals surface area contributed by atoms with Crippen molar-refractivity contribution >= 4 is 33.0 Å². The largest absolute Gasteiger partial charge is 0.484 e. The molecule has 25 heavy (non-hydrogen) atoms. The second kappa shape index (κ2) is 7.45. The summed E-state index contributed by atoms with van der Waals surface area (Å²) in [5.41, 5.74) is 0.675. The summed E-state index contributed by atoms with van der Waals surface area (Å²) in [6.45, 7) is -0.174. The van der Waals surface area contributed by atoms with Gasteiger partial charge in [0.15, 0.2) is 16.4 Å². The van der Waals surface area contributed by atoms with Crippen molar-refractivity contribution in [1.82, 2.24) is 0 Å². The second-order valence-corrected chi connectivity index (χ2v) is 8.56. The lowest BCUT2D eigenvalue weighted by atomic mass is 10.2. The van der Waals surface area contributed by atoms with Crippen LogP contribution in [0, 0.1) is 0 Å². The highest BCUT2D eigenvalue weighted by Gasteiger charge is 2.35. The molecule has 0 aromatic heterocycles. The third-order valence-corrected chi connectivity index (χ3v) is 6.05. The number of nitrogens with zero attached hydrogens (tertiary/aromatic N) is 1. The van der Waals surface area contributed by atoms with Crippen LogP contribution in [0.2, 0.25) is 5.02 Å². The van der Waals surface area contributed by atoms with E-state index in [0.717, 1.165) is 0 Å². The predicted octanol–water partition coefficient (Wildman–Crippen LogP) is 2.94. The Balaban J connectivity index is 1.76. The first kappa shape index (κ1) is 17.8. The normalized spacial score (nSPS) is 18.7. The van der Waals surface area contributed by atoms with Crippen molar-refractivity contribution in [3.63, 3.8) is 0 Å². The van der Waals surface area contributed by atoms with Gasteiger partial charge in [-0.05, 0) is 42.8 Å². The minimum atomic E-state index is -3.10. The lowest BCUT2D eigenvalue weighted by Crippen LogP contribution is -2.43. The monoisotopic (exact) mass is 379 g/mol. The molecule has 1 fully saturated rings. The summed E-state index contributed by atoms with van der Waals surface area (Å²) in [6.07, 6.45) is 0.434. The van der Waals surface area contributed by atoms with Gasteiger partial charge in [0.05, 0.1) is 17.5 Å². The zero-order valence-electron chi connectivity index (χ0n) is 13.5. The summed E-state index contributed by atoms with van der Waals surface area (Å²) in [5.74, 6) is 0.342. The Hall–Kier alpha value is -2.05. The van der Waals surface area contributed by atoms with Crippen LogP contribution in [0.5, 0.6) is 5.75 Å². The number of hydrogen-bond donors (Lipinski definition) is 0. The van der Waals surface area contributed by atoms with Crippen LogP contribution in [0.3, 0.4) is 0 Å². The summed E-state index contributed by atoms with van der Waals surface area (Å²) in [6, 6.07) is 15.4. The highest BCUT2D eigenvalue weighted by molar-refractivity contribution is 7.91. The predicted molar refractivity (Wildman–Crippen MR) is 97.9 cm³/mol. The minimum absolute atomic E-state index is 0.0193. The van der Waals surface area contributed by atoms with Gasteiger partial charge in [-0.3, -0.25) is 4.79 Å². The van der Waals surface area contributed by atoms with Crippen molar-refractivity contribution in [2.45, 2.75) is 12.5 Å². The molecule has 0 N–H and O–H groups in total. The highest BCUT2D eigenvalue weighted by Crippen LogP contribution is 2.25. The highest BCUT2D eigenvalue weighted by atomic mass is 35.5. The van der Waals surface area contributed by atoms with Gasteiger partial charge < -0.3 is 9.64 Å². The summed E-state index contributed by atoms with van der Waals surface area (Å²) >= 11 is 5.83. The Morgan fingerprint density at radius 1 is 1.12 bits per heavy atom. The van der Waals surface area contributed by atoms with Crippen LogP contribution in [0.25, 0.3) is 0 Å². The Labute approximate surface area is 152 Å². The van der Waals surface area contributed by atoms with Crippen molar-refractivity contribution in [2.75, 3.05) is 23.0 Å². The SMILES string of the molecule is O=C(COc1ccc(Cl)cc1)N(c1ccccc1)[C@@H]1CCS(=O)(=O)C1. The molecule has 3 rings (SSSR count). The maximum absolute atomic E-state index is 12.8. The Kier molecular flexibility index (Phi) is 5.30. The number of hydrogen-bond acceptors (Lipinski definition) is 4. The van der Waals surface area contributed by atoms with Crippen molar-refractivity contribution in [3.05, 3.63) is 59.6 Å². The van der Waals surface area contributed by atoms with E-state index in [1.54, 1.807) is 41.3 Å². The van der Waals surface area contributed by atoms with Gasteiger partial charge in [-0.25, -0.2) is 8.42 Å². The molecule has 0 saturated carbocycles. The van der Waals surface area contributed by atoms with Crippen LogP contribution >= 0.6 is 11.6 Å². The molecule has 0 radical (unpaired) electrons. The molecular formula is C18H18ClNO4S. The molecule has 0 bridgehead atoms. The van der Waals surface area contributed by atoms with E-state index >= 15 is 0 Å². The maximum Gasteiger partial charge on any atom is 0.265 e. The van der Waals surface area contributed by atoms with Crippen LogP contribution < -0.4 is 9.64 Å². The number of rotatable bonds is 5. The summed E-state index contributed by atoms with van der Waals surface area (Å²) in [5, 5.41) is 0.584. The van der Waals surface area contributed by atoms with Crippen molar-refractivity contribution < 1.29 is 17.9 Å². The average molecular weight is 380 g/mol. The smallest absolute Gasteiger partial charge is 0.265 e. The Morgan fingerprint density at radius 2 is 1.80 bits per heavy atom. The molecule has 132 valence electrons. The summed E-state index contributed by atoms with van der Waals surface area (Å²) in [4.78, 5) is 14.3. The van der Waals surface area contributed by atoms with Crippen molar-refractivity contribution in [1.29, 1.82) is 0 Å². The van der Waals surface area contributed by atoms with Gasteiger partial charge in [-0.15, -0.1) is 0 Å². The fourth-order valence-electron chi connectivity index (χ4n) is 2.87. The number of anilines is 1. The zero-order valence-corrected chi connectivity index (χ0v) is 15.0.